The minimum atomic E-state index is -0.263. The first-order valence-electron chi connectivity index (χ1n) is 10.2. The molecule has 2 fully saturated rings. The molecule has 2 unspecified atom stereocenters. The van der Waals surface area contributed by atoms with E-state index in [1.54, 1.807) is 4.40 Å². The van der Waals surface area contributed by atoms with Gasteiger partial charge in [-0.1, -0.05) is 12.1 Å². The number of hydrogen-bond acceptors (Lipinski definition) is 4. The van der Waals surface area contributed by atoms with Gasteiger partial charge in [-0.15, -0.1) is 5.10 Å². The Hall–Kier alpha value is -2.70. The molecule has 1 saturated carbocycles. The highest BCUT2D eigenvalue weighted by Gasteiger charge is 2.32. The molecule has 1 amide bonds. The molecule has 146 valence electrons. The third kappa shape index (κ3) is 2.72. The number of hydrogen-bond donors (Lipinski definition) is 0. The van der Waals surface area contributed by atoms with E-state index >= 15 is 0 Å². The lowest BCUT2D eigenvalue weighted by atomic mass is 9.97. The second kappa shape index (κ2) is 6.43. The van der Waals surface area contributed by atoms with Crippen LogP contribution in [0.15, 0.2) is 29.1 Å². The number of nitrogens with zero attached hydrogens (tertiary/aromatic N) is 5. The zero-order chi connectivity index (χ0) is 19.4. The number of aromatic nitrogens is 4. The Morgan fingerprint density at radius 2 is 1.82 bits per heavy atom. The monoisotopic (exact) mass is 379 g/mol. The summed E-state index contributed by atoms with van der Waals surface area (Å²) < 4.78 is 2.95. The molecule has 7 heteroatoms. The van der Waals surface area contributed by atoms with Crippen molar-refractivity contribution in [2.75, 3.05) is 0 Å². The summed E-state index contributed by atoms with van der Waals surface area (Å²) in [5, 5.41) is 5.42. The van der Waals surface area contributed by atoms with Crippen molar-refractivity contribution in [1.29, 1.82) is 0 Å². The van der Waals surface area contributed by atoms with Crippen molar-refractivity contribution in [3.63, 3.8) is 0 Å². The number of piperidine rings is 1. The standard InChI is InChI=1S/C21H25N5O2/c1-13-6-5-7-14(2)25(13)18(27)12-24-21(28)26-19(15-10-11-15)22-17-9-4-3-8-16(17)20(26)23-24/h3-4,8-9,13-15H,5-7,10-12H2,1-2H3. The van der Waals surface area contributed by atoms with Gasteiger partial charge >= 0.3 is 5.69 Å². The molecule has 0 radical (unpaired) electrons. The SMILES string of the molecule is CC1CCCC(C)N1C(=O)Cn1nc2c3ccccc3nc(C3CC3)n2c1=O. The minimum Gasteiger partial charge on any atom is -0.336 e. The number of likely N-dealkylation sites (tertiary alicyclic amines) is 1. The van der Waals surface area contributed by atoms with Crippen LogP contribution in [0, 0.1) is 0 Å². The fourth-order valence-electron chi connectivity index (χ4n) is 4.56. The summed E-state index contributed by atoms with van der Waals surface area (Å²) in [7, 11) is 0. The quantitative estimate of drug-likeness (QED) is 0.701. The van der Waals surface area contributed by atoms with E-state index in [1.807, 2.05) is 29.2 Å². The normalized spacial score (nSPS) is 22.9. The minimum absolute atomic E-state index is 0.0202. The summed E-state index contributed by atoms with van der Waals surface area (Å²) in [5.74, 6) is 1.05. The Bertz CT molecular complexity index is 1120. The van der Waals surface area contributed by atoms with Crippen LogP contribution in [-0.4, -0.2) is 42.1 Å². The molecule has 0 N–H and O–H groups in total. The molecule has 28 heavy (non-hydrogen) atoms. The van der Waals surface area contributed by atoms with Crippen LogP contribution in [0.25, 0.3) is 16.6 Å². The molecule has 3 heterocycles. The first kappa shape index (κ1) is 17.4. The maximum Gasteiger partial charge on any atom is 0.352 e. The van der Waals surface area contributed by atoms with Gasteiger partial charge in [0.15, 0.2) is 5.65 Å². The summed E-state index contributed by atoms with van der Waals surface area (Å²) in [6.07, 6.45) is 5.25. The molecule has 1 saturated heterocycles. The van der Waals surface area contributed by atoms with Gasteiger partial charge in [0.2, 0.25) is 5.91 Å². The first-order valence-corrected chi connectivity index (χ1v) is 10.2. The van der Waals surface area contributed by atoms with Crippen LogP contribution in [-0.2, 0) is 11.3 Å². The van der Waals surface area contributed by atoms with Crippen molar-refractivity contribution in [2.45, 2.75) is 70.5 Å². The van der Waals surface area contributed by atoms with E-state index in [2.05, 4.69) is 18.9 Å². The van der Waals surface area contributed by atoms with Gasteiger partial charge in [0, 0.05) is 23.4 Å². The van der Waals surface area contributed by atoms with Gasteiger partial charge in [-0.2, -0.15) is 0 Å². The third-order valence-corrected chi connectivity index (χ3v) is 6.16. The largest absolute Gasteiger partial charge is 0.352 e. The van der Waals surface area contributed by atoms with Gasteiger partial charge in [0.1, 0.15) is 12.4 Å². The second-order valence-corrected chi connectivity index (χ2v) is 8.29. The summed E-state index contributed by atoms with van der Waals surface area (Å²) in [6.45, 7) is 4.15. The molecule has 3 aromatic rings. The molecule has 0 spiro atoms. The zero-order valence-electron chi connectivity index (χ0n) is 16.3. The van der Waals surface area contributed by atoms with Crippen LogP contribution in [0.3, 0.4) is 0 Å². The zero-order valence-corrected chi connectivity index (χ0v) is 16.3. The number of rotatable bonds is 3. The number of carbonyl (C=O) groups excluding carboxylic acids is 1. The summed E-state index contributed by atoms with van der Waals surface area (Å²) >= 11 is 0. The maximum atomic E-state index is 13.2. The van der Waals surface area contributed by atoms with E-state index in [4.69, 9.17) is 4.98 Å². The van der Waals surface area contributed by atoms with E-state index in [0.29, 0.717) is 11.6 Å². The van der Waals surface area contributed by atoms with Crippen molar-refractivity contribution >= 4 is 22.5 Å². The van der Waals surface area contributed by atoms with E-state index < -0.39 is 0 Å². The Morgan fingerprint density at radius 1 is 1.11 bits per heavy atom. The molecular formula is C21H25N5O2. The number of carbonyl (C=O) groups is 1. The number of benzene rings is 1. The highest BCUT2D eigenvalue weighted by molar-refractivity contribution is 5.91. The molecule has 1 aliphatic heterocycles. The average Bonchev–Trinajstić information content (AvgIpc) is 3.47. The number of amides is 1. The molecule has 7 nitrogen and oxygen atoms in total. The van der Waals surface area contributed by atoms with E-state index in [1.165, 1.54) is 4.68 Å². The van der Waals surface area contributed by atoms with E-state index in [9.17, 15) is 9.59 Å². The lowest BCUT2D eigenvalue weighted by molar-refractivity contribution is -0.138. The van der Waals surface area contributed by atoms with Gasteiger partial charge in [-0.25, -0.2) is 18.9 Å². The molecule has 1 aliphatic carbocycles. The Kier molecular flexibility index (Phi) is 4.00. The van der Waals surface area contributed by atoms with Crippen molar-refractivity contribution in [3.8, 4) is 0 Å². The number of fused-ring (bicyclic) bond motifs is 3. The van der Waals surface area contributed by atoms with Crippen molar-refractivity contribution < 1.29 is 4.79 Å². The predicted octanol–water partition coefficient (Wildman–Crippen LogP) is 2.71. The summed E-state index contributed by atoms with van der Waals surface area (Å²) in [4.78, 5) is 32.8. The third-order valence-electron chi connectivity index (χ3n) is 6.16. The van der Waals surface area contributed by atoms with Crippen LogP contribution in [0.1, 0.15) is 57.7 Å². The molecule has 1 aromatic carbocycles. The molecular weight excluding hydrogens is 354 g/mol. The lowest BCUT2D eigenvalue weighted by Crippen LogP contribution is -2.49. The Balaban J connectivity index is 1.60. The molecule has 2 atom stereocenters. The van der Waals surface area contributed by atoms with Crippen molar-refractivity contribution in [2.24, 2.45) is 0 Å². The highest BCUT2D eigenvalue weighted by Crippen LogP contribution is 2.39. The predicted molar refractivity (Wildman–Crippen MR) is 106 cm³/mol. The molecule has 5 rings (SSSR count). The second-order valence-electron chi connectivity index (χ2n) is 8.29. The fraction of sp³-hybridized carbons (Fsp3) is 0.524. The van der Waals surface area contributed by atoms with Crippen LogP contribution >= 0.6 is 0 Å². The Morgan fingerprint density at radius 3 is 2.54 bits per heavy atom. The Labute approximate surface area is 163 Å². The van der Waals surface area contributed by atoms with Crippen LogP contribution in [0.5, 0.6) is 0 Å². The highest BCUT2D eigenvalue weighted by atomic mass is 16.2. The summed E-state index contributed by atoms with van der Waals surface area (Å²) in [5.41, 5.74) is 1.18. The van der Waals surface area contributed by atoms with E-state index in [0.717, 1.165) is 48.8 Å². The number of para-hydroxylation sites is 1. The maximum absolute atomic E-state index is 13.2. The van der Waals surface area contributed by atoms with E-state index in [-0.39, 0.29) is 30.2 Å². The first-order chi connectivity index (χ1) is 13.5. The fourth-order valence-corrected chi connectivity index (χ4v) is 4.56. The van der Waals surface area contributed by atoms with Crippen molar-refractivity contribution in [1.82, 2.24) is 24.1 Å². The van der Waals surface area contributed by atoms with Gasteiger partial charge in [0.25, 0.3) is 0 Å². The van der Waals surface area contributed by atoms with Crippen LogP contribution in [0.2, 0.25) is 0 Å². The van der Waals surface area contributed by atoms with Crippen LogP contribution in [0.4, 0.5) is 0 Å². The summed E-state index contributed by atoms with van der Waals surface area (Å²) in [6, 6.07) is 8.16. The lowest BCUT2D eigenvalue weighted by Gasteiger charge is -2.39. The van der Waals surface area contributed by atoms with Gasteiger partial charge < -0.3 is 4.90 Å². The molecule has 0 bridgehead atoms. The van der Waals surface area contributed by atoms with Crippen molar-refractivity contribution in [3.05, 3.63) is 40.6 Å². The van der Waals surface area contributed by atoms with Crippen LogP contribution < -0.4 is 5.69 Å². The smallest absolute Gasteiger partial charge is 0.336 e. The van der Waals surface area contributed by atoms with Gasteiger partial charge in [-0.3, -0.25) is 4.79 Å². The molecule has 2 aliphatic rings. The topological polar surface area (TPSA) is 72.5 Å². The van der Waals surface area contributed by atoms with Gasteiger partial charge in [-0.05, 0) is 58.1 Å². The van der Waals surface area contributed by atoms with Gasteiger partial charge in [0.05, 0.1) is 5.52 Å². The molecule has 2 aromatic heterocycles. The average molecular weight is 379 g/mol.